The average molecular weight is 270 g/mol. The Morgan fingerprint density at radius 3 is 2.67 bits per heavy atom. The summed E-state index contributed by atoms with van der Waals surface area (Å²) in [5, 5.41) is 22.2. The van der Waals surface area contributed by atoms with Gasteiger partial charge in [-0.15, -0.1) is 0 Å². The largest absolute Gasteiger partial charge is 0.508 e. The highest BCUT2D eigenvalue weighted by molar-refractivity contribution is 7.89. The Morgan fingerprint density at radius 2 is 2.06 bits per heavy atom. The maximum Gasteiger partial charge on any atom is 0.261 e. The summed E-state index contributed by atoms with van der Waals surface area (Å²) in [5.41, 5.74) is 0.222. The van der Waals surface area contributed by atoms with Crippen molar-refractivity contribution in [3.05, 3.63) is 24.0 Å². The predicted octanol–water partition coefficient (Wildman–Crippen LogP) is 0.692. The molecule has 0 aliphatic rings. The van der Waals surface area contributed by atoms with Crippen LogP contribution in [0, 0.1) is 0 Å². The first kappa shape index (κ1) is 12.4. The number of aromatic hydroxyl groups is 2. The van der Waals surface area contributed by atoms with Gasteiger partial charge in [-0.3, -0.25) is 0 Å². The van der Waals surface area contributed by atoms with E-state index in [2.05, 4.69) is 10.1 Å². The number of sulfone groups is 1. The Bertz CT molecular complexity index is 677. The monoisotopic (exact) mass is 270 g/mol. The Hall–Kier alpha value is -2.09. The van der Waals surface area contributed by atoms with E-state index in [-0.39, 0.29) is 34.5 Å². The van der Waals surface area contributed by atoms with E-state index in [0.717, 1.165) is 12.3 Å². The lowest BCUT2D eigenvalue weighted by molar-refractivity contribution is 0.417. The van der Waals surface area contributed by atoms with Crippen LogP contribution in [-0.4, -0.2) is 35.0 Å². The Morgan fingerprint density at radius 1 is 1.33 bits per heavy atom. The minimum absolute atomic E-state index is 0.00819. The molecule has 0 amide bonds. The molecule has 1 heterocycles. The van der Waals surface area contributed by atoms with E-state index in [9.17, 15) is 13.5 Å². The molecule has 96 valence electrons. The first-order valence-corrected chi connectivity index (χ1v) is 6.94. The summed E-state index contributed by atoms with van der Waals surface area (Å²) in [4.78, 5) is 3.86. The van der Waals surface area contributed by atoms with Crippen LogP contribution >= 0.6 is 0 Å². The van der Waals surface area contributed by atoms with Gasteiger partial charge in [-0.1, -0.05) is 5.16 Å². The van der Waals surface area contributed by atoms with Gasteiger partial charge in [-0.05, 0) is 12.1 Å². The average Bonchev–Trinajstić information content (AvgIpc) is 2.63. The molecule has 1 aromatic carbocycles. The summed E-state index contributed by atoms with van der Waals surface area (Å²) in [7, 11) is -3.25. The highest BCUT2D eigenvalue weighted by Gasteiger charge is 2.16. The van der Waals surface area contributed by atoms with Crippen molar-refractivity contribution in [3.63, 3.8) is 0 Å². The Balaban J connectivity index is 2.35. The minimum atomic E-state index is -3.25. The van der Waals surface area contributed by atoms with Crippen molar-refractivity contribution in [1.82, 2.24) is 10.1 Å². The summed E-state index contributed by atoms with van der Waals surface area (Å²) in [6.45, 7) is 0. The predicted molar refractivity (Wildman–Crippen MR) is 61.6 cm³/mol. The van der Waals surface area contributed by atoms with Crippen molar-refractivity contribution < 1.29 is 23.2 Å². The maximum atomic E-state index is 11.1. The van der Waals surface area contributed by atoms with Gasteiger partial charge in [0.15, 0.2) is 15.7 Å². The van der Waals surface area contributed by atoms with Gasteiger partial charge in [0.2, 0.25) is 0 Å². The molecule has 0 atom stereocenters. The van der Waals surface area contributed by atoms with E-state index >= 15 is 0 Å². The zero-order valence-electron chi connectivity index (χ0n) is 9.36. The molecule has 7 nitrogen and oxygen atoms in total. The Kier molecular flexibility index (Phi) is 2.95. The van der Waals surface area contributed by atoms with Crippen LogP contribution in [0.25, 0.3) is 11.5 Å². The lowest BCUT2D eigenvalue weighted by atomic mass is 10.2. The molecule has 2 N–H and O–H groups in total. The van der Waals surface area contributed by atoms with Gasteiger partial charge < -0.3 is 14.7 Å². The van der Waals surface area contributed by atoms with Crippen molar-refractivity contribution in [2.24, 2.45) is 0 Å². The van der Waals surface area contributed by atoms with Crippen molar-refractivity contribution in [3.8, 4) is 23.0 Å². The lowest BCUT2D eigenvalue weighted by Crippen LogP contribution is -2.02. The van der Waals surface area contributed by atoms with E-state index in [1.165, 1.54) is 12.1 Å². The fourth-order valence-corrected chi connectivity index (χ4v) is 1.94. The van der Waals surface area contributed by atoms with E-state index in [4.69, 9.17) is 9.63 Å². The number of hydrogen-bond acceptors (Lipinski definition) is 7. The first-order valence-electron chi connectivity index (χ1n) is 4.88. The molecule has 8 heteroatoms. The number of aromatic nitrogens is 2. The van der Waals surface area contributed by atoms with Gasteiger partial charge in [-0.25, -0.2) is 8.42 Å². The minimum Gasteiger partial charge on any atom is -0.508 e. The topological polar surface area (TPSA) is 114 Å². The van der Waals surface area contributed by atoms with Crippen LogP contribution in [0.5, 0.6) is 11.5 Å². The normalized spacial score (nSPS) is 11.6. The second-order valence-corrected chi connectivity index (χ2v) is 5.93. The SMILES string of the molecule is CS(=O)(=O)Cc1noc(-c2ccc(O)cc2O)n1. The summed E-state index contributed by atoms with van der Waals surface area (Å²) in [6.07, 6.45) is 1.06. The molecule has 2 aromatic rings. The lowest BCUT2D eigenvalue weighted by Gasteiger charge is -1.99. The number of phenolic OH excluding ortho intramolecular Hbond substituents is 2. The molecule has 0 unspecified atom stereocenters. The molecule has 0 radical (unpaired) electrons. The summed E-state index contributed by atoms with van der Waals surface area (Å²) >= 11 is 0. The molecular formula is C10H10N2O5S. The van der Waals surface area contributed by atoms with Crippen LogP contribution in [0.1, 0.15) is 5.82 Å². The van der Waals surface area contributed by atoms with Crippen LogP contribution < -0.4 is 0 Å². The first-order chi connectivity index (χ1) is 8.35. The van der Waals surface area contributed by atoms with Gasteiger partial charge in [0.25, 0.3) is 5.89 Å². The van der Waals surface area contributed by atoms with Crippen LogP contribution in [0.4, 0.5) is 0 Å². The highest BCUT2D eigenvalue weighted by atomic mass is 32.2. The molecule has 0 spiro atoms. The molecule has 0 bridgehead atoms. The van der Waals surface area contributed by atoms with Crippen LogP contribution in [0.3, 0.4) is 0 Å². The molecule has 1 aromatic heterocycles. The van der Waals surface area contributed by atoms with E-state index in [0.29, 0.717) is 0 Å². The van der Waals surface area contributed by atoms with Gasteiger partial charge in [0, 0.05) is 12.3 Å². The molecule has 0 aliphatic carbocycles. The van der Waals surface area contributed by atoms with E-state index in [1.54, 1.807) is 0 Å². The van der Waals surface area contributed by atoms with Crippen molar-refractivity contribution >= 4 is 9.84 Å². The number of hydrogen-bond donors (Lipinski definition) is 2. The molecule has 0 saturated carbocycles. The zero-order chi connectivity index (χ0) is 13.3. The van der Waals surface area contributed by atoms with Crippen molar-refractivity contribution in [1.29, 1.82) is 0 Å². The highest BCUT2D eigenvalue weighted by Crippen LogP contribution is 2.30. The smallest absolute Gasteiger partial charge is 0.261 e. The molecule has 18 heavy (non-hydrogen) atoms. The quantitative estimate of drug-likeness (QED) is 0.843. The maximum absolute atomic E-state index is 11.1. The number of rotatable bonds is 3. The molecule has 0 aliphatic heterocycles. The molecule has 0 saturated heterocycles. The van der Waals surface area contributed by atoms with Crippen molar-refractivity contribution in [2.45, 2.75) is 5.75 Å². The number of benzene rings is 1. The number of phenols is 2. The number of nitrogens with zero attached hydrogens (tertiary/aromatic N) is 2. The van der Waals surface area contributed by atoms with E-state index in [1.807, 2.05) is 0 Å². The van der Waals surface area contributed by atoms with Crippen LogP contribution in [-0.2, 0) is 15.6 Å². The summed E-state index contributed by atoms with van der Waals surface area (Å²) < 4.78 is 27.0. The third kappa shape index (κ3) is 2.77. The zero-order valence-corrected chi connectivity index (χ0v) is 10.2. The standard InChI is InChI=1S/C10H10N2O5S/c1-18(15,16)5-9-11-10(17-12-9)7-3-2-6(13)4-8(7)14/h2-4,13-14H,5H2,1H3. The van der Waals surface area contributed by atoms with Gasteiger partial charge in [-0.2, -0.15) is 4.98 Å². The van der Waals surface area contributed by atoms with Crippen LogP contribution in [0.15, 0.2) is 22.7 Å². The molecular weight excluding hydrogens is 260 g/mol. The van der Waals surface area contributed by atoms with Gasteiger partial charge in [0.1, 0.15) is 17.3 Å². The fraction of sp³-hybridized carbons (Fsp3) is 0.200. The van der Waals surface area contributed by atoms with Crippen LogP contribution in [0.2, 0.25) is 0 Å². The third-order valence-corrected chi connectivity index (χ3v) is 2.85. The van der Waals surface area contributed by atoms with Crippen molar-refractivity contribution in [2.75, 3.05) is 6.26 Å². The van der Waals surface area contributed by atoms with E-state index < -0.39 is 9.84 Å². The second kappa shape index (κ2) is 4.30. The van der Waals surface area contributed by atoms with Gasteiger partial charge in [0.05, 0.1) is 5.56 Å². The second-order valence-electron chi connectivity index (χ2n) is 3.79. The summed E-state index contributed by atoms with van der Waals surface area (Å²) in [5.74, 6) is -0.669. The molecule has 0 fully saturated rings. The Labute approximate surface area is 103 Å². The van der Waals surface area contributed by atoms with Gasteiger partial charge >= 0.3 is 0 Å². The summed E-state index contributed by atoms with van der Waals surface area (Å²) in [6, 6.07) is 3.85. The third-order valence-electron chi connectivity index (χ3n) is 2.07. The fourth-order valence-electron chi connectivity index (χ4n) is 1.36. The molecule has 2 rings (SSSR count).